The predicted octanol–water partition coefficient (Wildman–Crippen LogP) is 1.19. The maximum atomic E-state index is 12.6. The van der Waals surface area contributed by atoms with Gasteiger partial charge >= 0.3 is 0 Å². The molecule has 1 saturated heterocycles. The molecule has 132 valence electrons. The number of nitrogens with zero attached hydrogens (tertiary/aromatic N) is 3. The summed E-state index contributed by atoms with van der Waals surface area (Å²) in [5.74, 6) is -0.229. The second kappa shape index (κ2) is 7.71. The standard InChI is InChI=1S/C17H20N4O3S/c22-17(20-12-15-4-1-2-9-19-15)14-6-10-21(11-7-14)25(23,24)16-5-3-8-18-13-16/h1-5,8-9,13-14H,6-7,10-12H2,(H,20,22). The van der Waals surface area contributed by atoms with Crippen LogP contribution in [0.5, 0.6) is 0 Å². The number of sulfonamides is 1. The normalized spacial score (nSPS) is 16.5. The summed E-state index contributed by atoms with van der Waals surface area (Å²) in [5.41, 5.74) is 0.799. The van der Waals surface area contributed by atoms with Gasteiger partial charge in [0, 0.05) is 37.6 Å². The first-order valence-corrected chi connectivity index (χ1v) is 9.59. The fraction of sp³-hybridized carbons (Fsp3) is 0.353. The summed E-state index contributed by atoms with van der Waals surface area (Å²) in [6.45, 7) is 1.05. The Kier molecular flexibility index (Phi) is 5.40. The molecule has 1 N–H and O–H groups in total. The van der Waals surface area contributed by atoms with Crippen LogP contribution >= 0.6 is 0 Å². The highest BCUT2D eigenvalue weighted by molar-refractivity contribution is 7.89. The Bertz CT molecular complexity index is 804. The molecule has 0 atom stereocenters. The third-order valence-corrected chi connectivity index (χ3v) is 6.15. The van der Waals surface area contributed by atoms with Gasteiger partial charge in [0.2, 0.25) is 15.9 Å². The molecule has 3 heterocycles. The van der Waals surface area contributed by atoms with Crippen LogP contribution in [-0.2, 0) is 21.4 Å². The third kappa shape index (κ3) is 4.21. The average molecular weight is 360 g/mol. The monoisotopic (exact) mass is 360 g/mol. The van der Waals surface area contributed by atoms with Crippen molar-refractivity contribution < 1.29 is 13.2 Å². The van der Waals surface area contributed by atoms with Gasteiger partial charge in [-0.3, -0.25) is 14.8 Å². The molecule has 0 radical (unpaired) electrons. The summed E-state index contributed by atoms with van der Waals surface area (Å²) >= 11 is 0. The van der Waals surface area contributed by atoms with Crippen molar-refractivity contribution in [3.8, 4) is 0 Å². The van der Waals surface area contributed by atoms with Gasteiger partial charge in [-0.1, -0.05) is 6.07 Å². The van der Waals surface area contributed by atoms with Crippen LogP contribution in [0.4, 0.5) is 0 Å². The fourth-order valence-electron chi connectivity index (χ4n) is 2.83. The maximum absolute atomic E-state index is 12.6. The highest BCUT2D eigenvalue weighted by Crippen LogP contribution is 2.23. The van der Waals surface area contributed by atoms with Crippen LogP contribution in [0.15, 0.2) is 53.8 Å². The quantitative estimate of drug-likeness (QED) is 0.865. The molecule has 0 saturated carbocycles. The average Bonchev–Trinajstić information content (AvgIpc) is 2.68. The summed E-state index contributed by atoms with van der Waals surface area (Å²) in [5, 5.41) is 2.87. The van der Waals surface area contributed by atoms with E-state index in [4.69, 9.17) is 0 Å². The number of amides is 1. The van der Waals surface area contributed by atoms with Crippen molar-refractivity contribution in [2.45, 2.75) is 24.3 Å². The van der Waals surface area contributed by atoms with E-state index in [0.29, 0.717) is 32.5 Å². The molecule has 2 aromatic heterocycles. The Morgan fingerprint density at radius 2 is 1.96 bits per heavy atom. The van der Waals surface area contributed by atoms with Crippen LogP contribution in [0, 0.1) is 5.92 Å². The molecule has 0 bridgehead atoms. The Morgan fingerprint density at radius 3 is 2.60 bits per heavy atom. The molecule has 2 aromatic rings. The van der Waals surface area contributed by atoms with Gasteiger partial charge in [0.15, 0.2) is 0 Å². The zero-order chi connectivity index (χ0) is 17.7. The molecule has 0 unspecified atom stereocenters. The SMILES string of the molecule is O=C(NCc1ccccn1)C1CCN(S(=O)(=O)c2cccnc2)CC1. The minimum Gasteiger partial charge on any atom is -0.350 e. The minimum absolute atomic E-state index is 0.0518. The Morgan fingerprint density at radius 1 is 1.16 bits per heavy atom. The van der Waals surface area contributed by atoms with Gasteiger partial charge in [0.25, 0.3) is 0 Å². The topological polar surface area (TPSA) is 92.3 Å². The van der Waals surface area contributed by atoms with Gasteiger partial charge in [0.1, 0.15) is 4.90 Å². The predicted molar refractivity (Wildman–Crippen MR) is 91.8 cm³/mol. The number of hydrogen-bond donors (Lipinski definition) is 1. The molecule has 0 aliphatic carbocycles. The van der Waals surface area contributed by atoms with Crippen molar-refractivity contribution in [3.05, 3.63) is 54.6 Å². The van der Waals surface area contributed by atoms with Gasteiger partial charge in [-0.15, -0.1) is 0 Å². The second-order valence-corrected chi connectivity index (χ2v) is 7.84. The number of carbonyl (C=O) groups excluding carboxylic acids is 1. The molecule has 1 aliphatic heterocycles. The lowest BCUT2D eigenvalue weighted by atomic mass is 9.97. The highest BCUT2D eigenvalue weighted by atomic mass is 32.2. The third-order valence-electron chi connectivity index (χ3n) is 4.27. The summed E-state index contributed by atoms with van der Waals surface area (Å²) in [7, 11) is -3.54. The molecule has 1 fully saturated rings. The molecule has 0 spiro atoms. The van der Waals surface area contributed by atoms with Crippen molar-refractivity contribution in [1.82, 2.24) is 19.6 Å². The van der Waals surface area contributed by atoms with Crippen molar-refractivity contribution >= 4 is 15.9 Å². The Balaban J connectivity index is 1.54. The Labute approximate surface area is 147 Å². The van der Waals surface area contributed by atoms with Crippen molar-refractivity contribution in [2.24, 2.45) is 5.92 Å². The van der Waals surface area contributed by atoms with Gasteiger partial charge in [0.05, 0.1) is 12.2 Å². The highest BCUT2D eigenvalue weighted by Gasteiger charge is 2.32. The molecule has 8 heteroatoms. The Hall–Kier alpha value is -2.32. The first-order valence-electron chi connectivity index (χ1n) is 8.15. The van der Waals surface area contributed by atoms with E-state index in [-0.39, 0.29) is 16.7 Å². The molecule has 0 aromatic carbocycles. The number of rotatable bonds is 5. The van der Waals surface area contributed by atoms with Gasteiger partial charge in [-0.2, -0.15) is 4.31 Å². The van der Waals surface area contributed by atoms with E-state index in [9.17, 15) is 13.2 Å². The molecule has 3 rings (SSSR count). The molecule has 7 nitrogen and oxygen atoms in total. The van der Waals surface area contributed by atoms with E-state index < -0.39 is 10.0 Å². The maximum Gasteiger partial charge on any atom is 0.244 e. The van der Waals surface area contributed by atoms with E-state index in [0.717, 1.165) is 5.69 Å². The van der Waals surface area contributed by atoms with Gasteiger partial charge in [-0.05, 0) is 37.1 Å². The van der Waals surface area contributed by atoms with Crippen molar-refractivity contribution in [3.63, 3.8) is 0 Å². The van der Waals surface area contributed by atoms with Crippen LogP contribution in [0.25, 0.3) is 0 Å². The fourth-order valence-corrected chi connectivity index (χ4v) is 4.27. The number of nitrogens with one attached hydrogen (secondary N) is 1. The van der Waals surface area contributed by atoms with Crippen LogP contribution in [0.3, 0.4) is 0 Å². The molecule has 1 aliphatic rings. The summed E-state index contributed by atoms with van der Waals surface area (Å²) in [4.78, 5) is 20.5. The number of hydrogen-bond acceptors (Lipinski definition) is 5. The number of aromatic nitrogens is 2. The lowest BCUT2D eigenvalue weighted by molar-refractivity contribution is -0.126. The van der Waals surface area contributed by atoms with E-state index in [1.807, 2.05) is 18.2 Å². The number of piperidine rings is 1. The van der Waals surface area contributed by atoms with Gasteiger partial charge in [-0.25, -0.2) is 8.42 Å². The van der Waals surface area contributed by atoms with Crippen LogP contribution < -0.4 is 5.32 Å². The van der Waals surface area contributed by atoms with Crippen molar-refractivity contribution in [2.75, 3.05) is 13.1 Å². The second-order valence-electron chi connectivity index (χ2n) is 5.91. The molecular weight excluding hydrogens is 340 g/mol. The zero-order valence-corrected chi connectivity index (χ0v) is 14.5. The lowest BCUT2D eigenvalue weighted by Gasteiger charge is -2.30. The van der Waals surface area contributed by atoms with Crippen LogP contribution in [0.2, 0.25) is 0 Å². The first kappa shape index (κ1) is 17.5. The summed E-state index contributed by atoms with van der Waals surface area (Å²) in [6, 6.07) is 8.68. The summed E-state index contributed by atoms with van der Waals surface area (Å²) < 4.78 is 26.5. The van der Waals surface area contributed by atoms with Crippen molar-refractivity contribution in [1.29, 1.82) is 0 Å². The molecule has 25 heavy (non-hydrogen) atoms. The van der Waals surface area contributed by atoms with Crippen LogP contribution in [-0.4, -0.2) is 41.7 Å². The van der Waals surface area contributed by atoms with E-state index in [1.54, 1.807) is 12.3 Å². The zero-order valence-electron chi connectivity index (χ0n) is 13.7. The number of carbonyl (C=O) groups is 1. The minimum atomic E-state index is -3.54. The van der Waals surface area contributed by atoms with Gasteiger partial charge < -0.3 is 5.32 Å². The molecular formula is C17H20N4O3S. The largest absolute Gasteiger partial charge is 0.350 e. The molecule has 1 amide bonds. The summed E-state index contributed by atoms with van der Waals surface area (Å²) in [6.07, 6.45) is 5.59. The van der Waals surface area contributed by atoms with E-state index in [2.05, 4.69) is 15.3 Å². The van der Waals surface area contributed by atoms with E-state index >= 15 is 0 Å². The lowest BCUT2D eigenvalue weighted by Crippen LogP contribution is -2.42. The number of pyridine rings is 2. The first-order chi connectivity index (χ1) is 12.1. The van der Waals surface area contributed by atoms with Crippen LogP contribution in [0.1, 0.15) is 18.5 Å². The van der Waals surface area contributed by atoms with E-state index in [1.165, 1.54) is 22.8 Å². The smallest absolute Gasteiger partial charge is 0.244 e.